The van der Waals surface area contributed by atoms with E-state index < -0.39 is 16.1 Å². The Morgan fingerprint density at radius 1 is 0.368 bits per heavy atom. The van der Waals surface area contributed by atoms with E-state index in [1.165, 1.54) is 48.3 Å². The Kier molecular flexibility index (Phi) is 9.44. The molecule has 68 heavy (non-hydrogen) atoms. The summed E-state index contributed by atoms with van der Waals surface area (Å²) in [5, 5.41) is 14.6. The molecule has 4 nitrogen and oxygen atoms in total. The zero-order valence-corrected chi connectivity index (χ0v) is 42.5. The number of nitrogens with zero attached hydrogens (tertiary/aromatic N) is 2. The Labute approximate surface area is 400 Å². The van der Waals surface area contributed by atoms with E-state index in [9.17, 15) is 0 Å². The number of anilines is 6. The van der Waals surface area contributed by atoms with Gasteiger partial charge in [-0.1, -0.05) is 192 Å². The van der Waals surface area contributed by atoms with Gasteiger partial charge in [0, 0.05) is 49.1 Å². The first-order valence-electron chi connectivity index (χ1n) is 24.0. The molecule has 0 aliphatic heterocycles. The van der Waals surface area contributed by atoms with E-state index >= 15 is 0 Å². The van der Waals surface area contributed by atoms with Crippen molar-refractivity contribution in [2.45, 2.75) is 65.5 Å². The maximum atomic E-state index is 6.93. The van der Waals surface area contributed by atoms with Crippen molar-refractivity contribution < 1.29 is 8.83 Å². The Hall–Kier alpha value is -7.13. The van der Waals surface area contributed by atoms with E-state index in [1.807, 2.05) is 0 Å². The fourth-order valence-corrected chi connectivity index (χ4v) is 12.9. The van der Waals surface area contributed by atoms with Crippen LogP contribution in [0.4, 0.5) is 34.1 Å². The molecule has 334 valence electrons. The Bertz CT molecular complexity index is 3670. The van der Waals surface area contributed by atoms with Crippen LogP contribution < -0.4 is 20.2 Å². The van der Waals surface area contributed by atoms with Crippen LogP contribution in [0, 0.1) is 0 Å². The molecular formula is C62H56N2O2Si2. The second-order valence-corrected chi connectivity index (χ2v) is 32.0. The highest BCUT2D eigenvalue weighted by molar-refractivity contribution is 6.89. The van der Waals surface area contributed by atoms with Gasteiger partial charge in [-0.15, -0.1) is 0 Å². The fourth-order valence-electron chi connectivity index (χ4n) is 10.5. The average Bonchev–Trinajstić information content (AvgIpc) is 3.90. The molecule has 6 heteroatoms. The van der Waals surface area contributed by atoms with Crippen LogP contribution in [0.2, 0.25) is 39.3 Å². The summed E-state index contributed by atoms with van der Waals surface area (Å²) in [5.74, 6) is 0. The van der Waals surface area contributed by atoms with Gasteiger partial charge in [-0.25, -0.2) is 0 Å². The van der Waals surface area contributed by atoms with E-state index in [0.717, 1.165) is 78.0 Å². The molecule has 12 rings (SSSR count). The lowest BCUT2D eigenvalue weighted by molar-refractivity contribution is 0.591. The summed E-state index contributed by atoms with van der Waals surface area (Å²) < 4.78 is 13.9. The molecule has 0 radical (unpaired) electrons. The van der Waals surface area contributed by atoms with Crippen LogP contribution in [0.3, 0.4) is 0 Å². The van der Waals surface area contributed by atoms with Crippen molar-refractivity contribution in [3.63, 3.8) is 0 Å². The molecule has 0 spiro atoms. The highest BCUT2D eigenvalue weighted by Crippen LogP contribution is 2.53. The van der Waals surface area contributed by atoms with Gasteiger partial charge < -0.3 is 18.6 Å². The van der Waals surface area contributed by atoms with Crippen molar-refractivity contribution in [1.82, 2.24) is 0 Å². The zero-order valence-electron chi connectivity index (χ0n) is 40.5. The number of benzene rings is 10. The molecule has 0 atom stereocenters. The first kappa shape index (κ1) is 42.2. The third kappa shape index (κ3) is 6.75. The van der Waals surface area contributed by atoms with Crippen LogP contribution in [0.15, 0.2) is 185 Å². The number of rotatable bonds is 8. The second-order valence-electron chi connectivity index (χ2n) is 21.8. The molecule has 0 saturated carbocycles. The van der Waals surface area contributed by atoms with Crippen LogP contribution in [0.5, 0.6) is 0 Å². The van der Waals surface area contributed by atoms with E-state index in [0.29, 0.717) is 0 Å². The first-order valence-corrected chi connectivity index (χ1v) is 31.0. The van der Waals surface area contributed by atoms with E-state index in [1.54, 1.807) is 0 Å². The number of furan rings is 2. The summed E-state index contributed by atoms with van der Waals surface area (Å²) in [6.07, 6.45) is 0. The zero-order chi connectivity index (χ0) is 46.9. The molecule has 0 amide bonds. The van der Waals surface area contributed by atoms with Crippen molar-refractivity contribution >= 4 is 137 Å². The number of hydrogen-bond acceptors (Lipinski definition) is 4. The monoisotopic (exact) mass is 916 g/mol. The highest BCUT2D eigenvalue weighted by Gasteiger charge is 2.29. The third-order valence-corrected chi connectivity index (χ3v) is 18.4. The van der Waals surface area contributed by atoms with Gasteiger partial charge in [-0.2, -0.15) is 0 Å². The summed E-state index contributed by atoms with van der Waals surface area (Å²) in [7, 11) is -3.24. The number of para-hydroxylation sites is 4. The molecule has 10 aromatic carbocycles. The van der Waals surface area contributed by atoms with Crippen LogP contribution >= 0.6 is 0 Å². The third-order valence-electron chi connectivity index (χ3n) is 14.3. The molecule has 0 bridgehead atoms. The van der Waals surface area contributed by atoms with E-state index in [2.05, 4.69) is 246 Å². The minimum atomic E-state index is -1.62. The summed E-state index contributed by atoms with van der Waals surface area (Å²) >= 11 is 0. The quantitative estimate of drug-likeness (QED) is 0.112. The van der Waals surface area contributed by atoms with Gasteiger partial charge >= 0.3 is 0 Å². The molecular weight excluding hydrogens is 861 g/mol. The lowest BCUT2D eigenvalue weighted by Crippen LogP contribution is -2.37. The predicted octanol–water partition coefficient (Wildman–Crippen LogP) is 17.7. The molecule has 0 saturated heterocycles. The number of fused-ring (bicyclic) bond motifs is 6. The summed E-state index contributed by atoms with van der Waals surface area (Å²) in [5.41, 5.74) is 11.0. The molecule has 0 aliphatic rings. The van der Waals surface area contributed by atoms with Crippen LogP contribution in [0.25, 0.3) is 76.2 Å². The van der Waals surface area contributed by atoms with Crippen molar-refractivity contribution in [3.8, 4) is 0 Å². The Morgan fingerprint density at radius 2 is 0.779 bits per heavy atom. The number of hydrogen-bond donors (Lipinski definition) is 0. The standard InChI is InChI=1S/C62H56N2O2Si2/c1-62(2,3)41-36-39-24-34-50-54(63(42-26-30-44(31-27-42)67(4,5)6)52-20-14-18-48-46-16-10-12-22-56(46)65-60(48)52)38-55(51-35-25-40(37-41)58(39)59(50)51)64(43-28-32-45(33-29-43)68(7,8)9)53-21-15-19-49-47-17-11-13-23-57(47)66-61(49)53/h10-38H,1-9H3. The molecule has 0 fully saturated rings. The normalized spacial score (nSPS) is 12.8. The largest absolute Gasteiger partial charge is 0.454 e. The average molecular weight is 917 g/mol. The minimum absolute atomic E-state index is 0.0188. The Balaban J connectivity index is 1.24. The fraction of sp³-hybridized carbons (Fsp3) is 0.161. The topological polar surface area (TPSA) is 32.8 Å². The Morgan fingerprint density at radius 3 is 1.19 bits per heavy atom. The minimum Gasteiger partial charge on any atom is -0.454 e. The molecule has 0 N–H and O–H groups in total. The smallest absolute Gasteiger partial charge is 0.159 e. The van der Waals surface area contributed by atoms with Crippen LogP contribution in [-0.4, -0.2) is 16.1 Å². The maximum absolute atomic E-state index is 6.93. The SMILES string of the molecule is CC(C)(C)c1cc2ccc3c(N(c4ccc([Si](C)(C)C)cc4)c4cccc5c4oc4ccccc45)cc(N(c4ccc([Si](C)(C)C)cc4)c4cccc5c4oc4ccccc45)c4ccc(c1)c2c34. The summed E-state index contributed by atoms with van der Waals surface area (Å²) in [6.45, 7) is 21.4. The summed E-state index contributed by atoms with van der Waals surface area (Å²) in [6, 6.07) is 65.4. The van der Waals surface area contributed by atoms with Gasteiger partial charge in [-0.3, -0.25) is 0 Å². The van der Waals surface area contributed by atoms with Gasteiger partial charge in [-0.05, 0) is 81.7 Å². The lowest BCUT2D eigenvalue weighted by Gasteiger charge is -2.33. The summed E-state index contributed by atoms with van der Waals surface area (Å²) in [4.78, 5) is 4.92. The van der Waals surface area contributed by atoms with Crippen molar-refractivity contribution in [3.05, 3.63) is 181 Å². The highest BCUT2D eigenvalue weighted by atomic mass is 28.3. The van der Waals surface area contributed by atoms with Crippen molar-refractivity contribution in [1.29, 1.82) is 0 Å². The second kappa shape index (κ2) is 15.2. The van der Waals surface area contributed by atoms with Gasteiger partial charge in [0.05, 0.1) is 38.9 Å². The van der Waals surface area contributed by atoms with Crippen molar-refractivity contribution in [2.24, 2.45) is 0 Å². The van der Waals surface area contributed by atoms with E-state index in [4.69, 9.17) is 8.83 Å². The van der Waals surface area contributed by atoms with Gasteiger partial charge in [0.1, 0.15) is 11.2 Å². The lowest BCUT2D eigenvalue weighted by atomic mass is 9.83. The van der Waals surface area contributed by atoms with Gasteiger partial charge in [0.2, 0.25) is 0 Å². The van der Waals surface area contributed by atoms with Crippen LogP contribution in [-0.2, 0) is 5.41 Å². The van der Waals surface area contributed by atoms with Gasteiger partial charge in [0.15, 0.2) is 11.2 Å². The van der Waals surface area contributed by atoms with E-state index in [-0.39, 0.29) is 5.41 Å². The molecule has 12 aromatic rings. The van der Waals surface area contributed by atoms with Crippen molar-refractivity contribution in [2.75, 3.05) is 9.80 Å². The maximum Gasteiger partial charge on any atom is 0.159 e. The molecule has 2 heterocycles. The predicted molar refractivity (Wildman–Crippen MR) is 299 cm³/mol. The molecule has 2 aromatic heterocycles. The van der Waals surface area contributed by atoms with Crippen LogP contribution in [0.1, 0.15) is 26.3 Å². The molecule has 0 unspecified atom stereocenters. The first-order chi connectivity index (χ1) is 32.6. The molecule has 0 aliphatic carbocycles. The van der Waals surface area contributed by atoms with Gasteiger partial charge in [0.25, 0.3) is 0 Å².